The van der Waals surface area contributed by atoms with Gasteiger partial charge in [0, 0.05) is 25.0 Å². The van der Waals surface area contributed by atoms with E-state index in [1.807, 2.05) is 12.2 Å². The van der Waals surface area contributed by atoms with E-state index in [1.54, 1.807) is 0 Å². The zero-order valence-corrected chi connectivity index (χ0v) is 21.8. The molecule has 190 valence electrons. The molecule has 1 aliphatic carbocycles. The van der Waals surface area contributed by atoms with Crippen LogP contribution in [0.4, 0.5) is 0 Å². The number of allylic oxidation sites excluding steroid dienone is 2. The van der Waals surface area contributed by atoms with E-state index < -0.39 is 0 Å². The lowest BCUT2D eigenvalue weighted by molar-refractivity contribution is -0.121. The van der Waals surface area contributed by atoms with Gasteiger partial charge >= 0.3 is 0 Å². The first-order chi connectivity index (χ1) is 16.2. The first kappa shape index (κ1) is 29.5. The molecular formula is C29H52N2O2. The number of amides is 2. The molecule has 0 aromatic carbocycles. The molecule has 2 amide bonds. The molecule has 0 aliphatic heterocycles. The Hall–Kier alpha value is -1.58. The fourth-order valence-corrected chi connectivity index (χ4v) is 4.38. The number of carbonyl (C=O) groups is 2. The minimum atomic E-state index is 0.0604. The van der Waals surface area contributed by atoms with E-state index in [4.69, 9.17) is 0 Å². The molecule has 0 aromatic heterocycles. The average molecular weight is 461 g/mol. The molecule has 4 heteroatoms. The van der Waals surface area contributed by atoms with E-state index in [1.165, 1.54) is 89.9 Å². The smallest absolute Gasteiger partial charge is 0.224 e. The Morgan fingerprint density at radius 2 is 1.00 bits per heavy atom. The van der Waals surface area contributed by atoms with Gasteiger partial charge < -0.3 is 10.6 Å². The summed E-state index contributed by atoms with van der Waals surface area (Å²) in [6.07, 6.45) is 28.3. The first-order valence-corrected chi connectivity index (χ1v) is 14.2. The third kappa shape index (κ3) is 16.6. The van der Waals surface area contributed by atoms with Crippen LogP contribution >= 0.6 is 0 Å². The van der Waals surface area contributed by atoms with Gasteiger partial charge in [0.15, 0.2) is 0 Å². The highest BCUT2D eigenvalue weighted by Gasteiger charge is 2.14. The molecule has 0 bridgehead atoms. The molecule has 0 fully saturated rings. The van der Waals surface area contributed by atoms with Gasteiger partial charge in [-0.1, -0.05) is 123 Å². The number of carbonyl (C=O) groups excluding carboxylic acids is 2. The normalized spacial score (nSPS) is 13.0. The molecule has 0 aromatic rings. The first-order valence-electron chi connectivity index (χ1n) is 14.2. The van der Waals surface area contributed by atoms with Crippen molar-refractivity contribution in [1.82, 2.24) is 10.6 Å². The van der Waals surface area contributed by atoms with Gasteiger partial charge in [-0.05, 0) is 18.9 Å². The van der Waals surface area contributed by atoms with Crippen LogP contribution in [0.15, 0.2) is 23.5 Å². The Kier molecular flexibility index (Phi) is 18.7. The monoisotopic (exact) mass is 460 g/mol. The molecule has 0 unspecified atom stereocenters. The maximum atomic E-state index is 12.3. The second kappa shape index (κ2) is 21.0. The summed E-state index contributed by atoms with van der Waals surface area (Å²) in [5.74, 6) is 0.132. The van der Waals surface area contributed by atoms with Crippen molar-refractivity contribution in [1.29, 1.82) is 0 Å². The number of nitrogens with one attached hydrogen (secondary N) is 2. The maximum Gasteiger partial charge on any atom is 0.224 e. The van der Waals surface area contributed by atoms with Gasteiger partial charge in [0.05, 0.1) is 5.70 Å². The Bertz CT molecular complexity index is 580. The molecule has 1 rings (SSSR count). The van der Waals surface area contributed by atoms with Gasteiger partial charge in [0.2, 0.25) is 11.8 Å². The molecule has 0 atom stereocenters. The minimum Gasteiger partial charge on any atom is -0.327 e. The lowest BCUT2D eigenvalue weighted by Crippen LogP contribution is -2.28. The van der Waals surface area contributed by atoms with Crippen LogP contribution in [-0.4, -0.2) is 11.8 Å². The molecule has 2 N–H and O–H groups in total. The number of hydrogen-bond acceptors (Lipinski definition) is 2. The zero-order chi connectivity index (χ0) is 24.0. The van der Waals surface area contributed by atoms with Crippen molar-refractivity contribution in [3.05, 3.63) is 23.5 Å². The van der Waals surface area contributed by atoms with Crippen molar-refractivity contribution in [2.24, 2.45) is 0 Å². The standard InChI is InChI=1S/C29H52N2O2/c1-3-5-7-9-11-13-15-17-19-24-28(32)30-26-22-21-23-27(26)31-29(33)25-20-18-16-14-12-10-8-6-4-2/h21-22H,3-20,23-25H2,1-2H3,(H,30,32)(H,31,33). The molecule has 0 saturated heterocycles. The van der Waals surface area contributed by atoms with Crippen LogP contribution in [0.25, 0.3) is 0 Å². The summed E-state index contributed by atoms with van der Waals surface area (Å²) in [6.45, 7) is 4.50. The zero-order valence-electron chi connectivity index (χ0n) is 21.8. The van der Waals surface area contributed by atoms with Gasteiger partial charge in [0.25, 0.3) is 0 Å². The molecule has 33 heavy (non-hydrogen) atoms. The second-order valence-electron chi connectivity index (χ2n) is 9.75. The van der Waals surface area contributed by atoms with E-state index in [0.29, 0.717) is 19.3 Å². The SMILES string of the molecule is CCCCCCCCCCCC(=O)NC1=C(NC(=O)CCCCCCCCCCC)CC=C1. The highest BCUT2D eigenvalue weighted by molar-refractivity contribution is 5.81. The third-order valence-electron chi connectivity index (χ3n) is 6.51. The van der Waals surface area contributed by atoms with Crippen LogP contribution in [0.2, 0.25) is 0 Å². The van der Waals surface area contributed by atoms with Crippen molar-refractivity contribution in [3.8, 4) is 0 Å². The van der Waals surface area contributed by atoms with Crippen LogP contribution < -0.4 is 10.6 Å². The molecule has 4 nitrogen and oxygen atoms in total. The lowest BCUT2D eigenvalue weighted by Gasteiger charge is -2.11. The molecule has 0 spiro atoms. The van der Waals surface area contributed by atoms with Crippen molar-refractivity contribution >= 4 is 11.8 Å². The Labute approximate surface area is 204 Å². The molecular weight excluding hydrogens is 408 g/mol. The number of rotatable bonds is 22. The van der Waals surface area contributed by atoms with Gasteiger partial charge in [0.1, 0.15) is 0 Å². The maximum absolute atomic E-state index is 12.3. The highest BCUT2D eigenvalue weighted by Crippen LogP contribution is 2.16. The predicted molar refractivity (Wildman–Crippen MR) is 141 cm³/mol. The van der Waals surface area contributed by atoms with E-state index >= 15 is 0 Å². The van der Waals surface area contributed by atoms with Crippen molar-refractivity contribution in [2.75, 3.05) is 0 Å². The van der Waals surface area contributed by atoms with Gasteiger partial charge in [-0.3, -0.25) is 9.59 Å². The Morgan fingerprint density at radius 3 is 1.45 bits per heavy atom. The van der Waals surface area contributed by atoms with E-state index in [2.05, 4.69) is 24.5 Å². The summed E-state index contributed by atoms with van der Waals surface area (Å²) in [7, 11) is 0. The molecule has 0 heterocycles. The largest absolute Gasteiger partial charge is 0.327 e. The summed E-state index contributed by atoms with van der Waals surface area (Å²) in [6, 6.07) is 0. The summed E-state index contributed by atoms with van der Waals surface area (Å²) in [5.41, 5.74) is 1.62. The highest BCUT2D eigenvalue weighted by atomic mass is 16.2. The van der Waals surface area contributed by atoms with E-state index in [9.17, 15) is 9.59 Å². The van der Waals surface area contributed by atoms with E-state index in [-0.39, 0.29) is 11.8 Å². The van der Waals surface area contributed by atoms with Gasteiger partial charge in [-0.15, -0.1) is 0 Å². The summed E-state index contributed by atoms with van der Waals surface area (Å²) in [5, 5.41) is 6.03. The van der Waals surface area contributed by atoms with Crippen molar-refractivity contribution < 1.29 is 9.59 Å². The van der Waals surface area contributed by atoms with E-state index in [0.717, 1.165) is 37.1 Å². The minimum absolute atomic E-state index is 0.0604. The van der Waals surface area contributed by atoms with Crippen molar-refractivity contribution in [3.63, 3.8) is 0 Å². The molecule has 0 saturated carbocycles. The molecule has 1 aliphatic rings. The Morgan fingerprint density at radius 1 is 0.606 bits per heavy atom. The quantitative estimate of drug-likeness (QED) is 0.160. The van der Waals surface area contributed by atoms with Crippen LogP contribution in [0.5, 0.6) is 0 Å². The van der Waals surface area contributed by atoms with Crippen molar-refractivity contribution in [2.45, 2.75) is 149 Å². The lowest BCUT2D eigenvalue weighted by atomic mass is 10.1. The predicted octanol–water partition coefficient (Wildman–Crippen LogP) is 8.23. The number of unbranched alkanes of at least 4 members (excludes halogenated alkanes) is 16. The summed E-state index contributed by atoms with van der Waals surface area (Å²) < 4.78 is 0. The summed E-state index contributed by atoms with van der Waals surface area (Å²) in [4.78, 5) is 24.6. The van der Waals surface area contributed by atoms with Crippen LogP contribution in [-0.2, 0) is 9.59 Å². The number of hydrogen-bond donors (Lipinski definition) is 2. The summed E-state index contributed by atoms with van der Waals surface area (Å²) >= 11 is 0. The molecule has 0 radical (unpaired) electrons. The van der Waals surface area contributed by atoms with Gasteiger partial charge in [-0.25, -0.2) is 0 Å². The fraction of sp³-hybridized carbons (Fsp3) is 0.793. The van der Waals surface area contributed by atoms with Crippen LogP contribution in [0.1, 0.15) is 149 Å². The topological polar surface area (TPSA) is 58.2 Å². The second-order valence-corrected chi connectivity index (χ2v) is 9.75. The van der Waals surface area contributed by atoms with Gasteiger partial charge in [-0.2, -0.15) is 0 Å². The van der Waals surface area contributed by atoms with Crippen LogP contribution in [0, 0.1) is 0 Å². The Balaban J connectivity index is 2.10. The third-order valence-corrected chi connectivity index (χ3v) is 6.51. The fourth-order valence-electron chi connectivity index (χ4n) is 4.38. The average Bonchev–Trinajstić information content (AvgIpc) is 3.23. The van der Waals surface area contributed by atoms with Crippen LogP contribution in [0.3, 0.4) is 0 Å².